The van der Waals surface area contributed by atoms with Gasteiger partial charge >= 0.3 is 0 Å². The quantitative estimate of drug-likeness (QED) is 0.581. The molecule has 8 heteroatoms. The van der Waals surface area contributed by atoms with Gasteiger partial charge < -0.3 is 20.5 Å². The van der Waals surface area contributed by atoms with Crippen LogP contribution in [0.3, 0.4) is 0 Å². The van der Waals surface area contributed by atoms with Crippen LogP contribution in [-0.2, 0) is 24.1 Å². The molecule has 2 aromatic carbocycles. The van der Waals surface area contributed by atoms with Crippen molar-refractivity contribution < 1.29 is 17.3 Å². The maximum Gasteiger partial charge on any atom is 0.252 e. The van der Waals surface area contributed by atoms with Gasteiger partial charge in [0.25, 0.3) is 5.56 Å². The SMILES string of the molecule is COc1ccc2cc(CNCc3ccc(S(=O)N4CCCCC4)cc3)c(=O)[nH]c2c1.O.[HH].[HH]. The van der Waals surface area contributed by atoms with Crippen LogP contribution in [0.2, 0.25) is 0 Å². The Labute approximate surface area is 187 Å². The predicted molar refractivity (Wildman–Crippen MR) is 128 cm³/mol. The number of nitrogens with zero attached hydrogens (tertiary/aromatic N) is 1. The Hall–Kier alpha value is -2.52. The number of H-pyrrole nitrogens is 1. The molecule has 31 heavy (non-hydrogen) atoms. The van der Waals surface area contributed by atoms with E-state index < -0.39 is 11.0 Å². The van der Waals surface area contributed by atoms with Crippen molar-refractivity contribution in [3.63, 3.8) is 0 Å². The summed E-state index contributed by atoms with van der Waals surface area (Å²) in [6, 6.07) is 15.4. The highest BCUT2D eigenvalue weighted by Gasteiger charge is 2.17. The van der Waals surface area contributed by atoms with Gasteiger partial charge in [0, 0.05) is 40.7 Å². The molecule has 0 amide bonds. The van der Waals surface area contributed by atoms with Gasteiger partial charge in [-0.1, -0.05) is 18.6 Å². The average molecular weight is 448 g/mol. The average Bonchev–Trinajstić information content (AvgIpc) is 2.79. The lowest BCUT2D eigenvalue weighted by Crippen LogP contribution is -2.31. The van der Waals surface area contributed by atoms with Crippen LogP contribution in [0.5, 0.6) is 5.75 Å². The van der Waals surface area contributed by atoms with Gasteiger partial charge in [-0.25, -0.2) is 8.51 Å². The summed E-state index contributed by atoms with van der Waals surface area (Å²) >= 11 is 0. The molecule has 4 rings (SSSR count). The number of ether oxygens (including phenoxy) is 1. The zero-order chi connectivity index (χ0) is 20.9. The topological polar surface area (TPSA) is 106 Å². The van der Waals surface area contributed by atoms with Crippen LogP contribution in [0.25, 0.3) is 10.9 Å². The van der Waals surface area contributed by atoms with Crippen molar-refractivity contribution in [1.82, 2.24) is 14.6 Å². The highest BCUT2D eigenvalue weighted by molar-refractivity contribution is 7.82. The standard InChI is InChI=1S/C23H27N3O3S.H2O.2H2/c1-29-20-8-7-18-13-19(23(27)25-22(18)14-20)16-24-15-17-5-9-21(10-6-17)30(28)26-11-3-2-4-12-26;;;/h5-10,13-14,24H,2-4,11-12,15-16H2,1H3,(H,25,27);1H2;2*1H. The number of aromatic amines is 1. The molecule has 1 aromatic heterocycles. The number of hydrogen-bond acceptors (Lipinski definition) is 4. The Bertz CT molecular complexity index is 1100. The predicted octanol–water partition coefficient (Wildman–Crippen LogP) is 3.00. The second-order valence-electron chi connectivity index (χ2n) is 7.56. The second-order valence-corrected chi connectivity index (χ2v) is 9.05. The number of nitrogens with one attached hydrogen (secondary N) is 2. The van der Waals surface area contributed by atoms with E-state index in [4.69, 9.17) is 4.74 Å². The van der Waals surface area contributed by atoms with E-state index in [2.05, 4.69) is 14.6 Å². The molecule has 3 aromatic rings. The van der Waals surface area contributed by atoms with Gasteiger partial charge in [-0.15, -0.1) is 0 Å². The monoisotopic (exact) mass is 447 g/mol. The van der Waals surface area contributed by atoms with Crippen molar-refractivity contribution >= 4 is 21.9 Å². The van der Waals surface area contributed by atoms with Crippen molar-refractivity contribution in [3.05, 3.63) is 70.0 Å². The molecule has 1 aliphatic heterocycles. The number of rotatable bonds is 7. The molecular weight excluding hydrogens is 414 g/mol. The highest BCUT2D eigenvalue weighted by atomic mass is 32.2. The molecule has 170 valence electrons. The third-order valence-corrected chi connectivity index (χ3v) is 6.96. The largest absolute Gasteiger partial charge is 0.497 e. The molecule has 1 fully saturated rings. The number of hydrogen-bond donors (Lipinski definition) is 2. The van der Waals surface area contributed by atoms with E-state index in [1.54, 1.807) is 7.11 Å². The van der Waals surface area contributed by atoms with E-state index >= 15 is 0 Å². The van der Waals surface area contributed by atoms with Crippen LogP contribution in [0.1, 0.15) is 33.2 Å². The fourth-order valence-corrected chi connectivity index (χ4v) is 4.99. The van der Waals surface area contributed by atoms with E-state index in [0.717, 1.165) is 47.3 Å². The smallest absolute Gasteiger partial charge is 0.252 e. The zero-order valence-electron chi connectivity index (χ0n) is 17.6. The molecule has 1 saturated heterocycles. The Morgan fingerprint density at radius 1 is 1.06 bits per heavy atom. The number of piperidine rings is 1. The van der Waals surface area contributed by atoms with E-state index in [0.29, 0.717) is 24.4 Å². The van der Waals surface area contributed by atoms with E-state index in [9.17, 15) is 9.00 Å². The Morgan fingerprint density at radius 3 is 2.52 bits per heavy atom. The van der Waals surface area contributed by atoms with Crippen molar-refractivity contribution in [1.29, 1.82) is 0 Å². The summed E-state index contributed by atoms with van der Waals surface area (Å²) in [7, 11) is 0.532. The first kappa shape index (κ1) is 23.1. The lowest BCUT2D eigenvalue weighted by Gasteiger charge is -2.25. The number of benzene rings is 2. The summed E-state index contributed by atoms with van der Waals surface area (Å²) < 4.78 is 19.9. The molecule has 4 N–H and O–H groups in total. The number of aromatic nitrogens is 1. The molecule has 1 atom stereocenters. The molecule has 1 aliphatic rings. The van der Waals surface area contributed by atoms with Crippen molar-refractivity contribution in [2.24, 2.45) is 0 Å². The maximum absolute atomic E-state index is 12.7. The van der Waals surface area contributed by atoms with Crippen LogP contribution >= 0.6 is 0 Å². The summed E-state index contributed by atoms with van der Waals surface area (Å²) in [6.45, 7) is 2.92. The minimum absolute atomic E-state index is 0. The third kappa shape index (κ3) is 5.59. The van der Waals surface area contributed by atoms with Gasteiger partial charge in [-0.05, 0) is 54.1 Å². The zero-order valence-corrected chi connectivity index (χ0v) is 18.5. The molecule has 7 nitrogen and oxygen atoms in total. The van der Waals surface area contributed by atoms with Crippen LogP contribution in [0.4, 0.5) is 0 Å². The minimum atomic E-state index is -1.07. The van der Waals surface area contributed by atoms with Crippen molar-refractivity contribution in [3.8, 4) is 5.75 Å². The molecule has 0 spiro atoms. The number of methoxy groups -OCH3 is 1. The first-order valence-corrected chi connectivity index (χ1v) is 11.4. The third-order valence-electron chi connectivity index (χ3n) is 5.45. The summed E-state index contributed by atoms with van der Waals surface area (Å²) in [5, 5.41) is 4.30. The Kier molecular flexibility index (Phi) is 7.97. The highest BCUT2D eigenvalue weighted by Crippen LogP contribution is 2.19. The number of pyridine rings is 1. The van der Waals surface area contributed by atoms with Gasteiger partial charge in [-0.2, -0.15) is 0 Å². The normalized spacial score (nSPS) is 15.4. The fraction of sp³-hybridized carbons (Fsp3) is 0.348. The van der Waals surface area contributed by atoms with Gasteiger partial charge in [-0.3, -0.25) is 4.79 Å². The minimum Gasteiger partial charge on any atom is -0.497 e. The molecule has 0 radical (unpaired) electrons. The van der Waals surface area contributed by atoms with Crippen LogP contribution in [-0.4, -0.2) is 39.2 Å². The fourth-order valence-electron chi connectivity index (χ4n) is 3.73. The summed E-state index contributed by atoms with van der Waals surface area (Å²) in [6.07, 6.45) is 3.47. The maximum atomic E-state index is 12.7. The Morgan fingerprint density at radius 2 is 1.81 bits per heavy atom. The van der Waals surface area contributed by atoms with Crippen molar-refractivity contribution in [2.45, 2.75) is 37.2 Å². The summed E-state index contributed by atoms with van der Waals surface area (Å²) in [5.74, 6) is 0.716. The van der Waals surface area contributed by atoms with Crippen molar-refractivity contribution in [2.75, 3.05) is 20.2 Å². The molecule has 1 unspecified atom stereocenters. The second kappa shape index (κ2) is 10.7. The first-order valence-electron chi connectivity index (χ1n) is 10.3. The van der Waals surface area contributed by atoms with Crippen LogP contribution in [0, 0.1) is 0 Å². The molecule has 0 saturated carbocycles. The summed E-state index contributed by atoms with van der Waals surface area (Å²) in [4.78, 5) is 16.1. The molecule has 0 aliphatic carbocycles. The Balaban J connectivity index is 0.00000181. The molecule has 0 bridgehead atoms. The lowest BCUT2D eigenvalue weighted by atomic mass is 10.1. The first-order chi connectivity index (χ1) is 14.6. The van der Waals surface area contributed by atoms with Crippen LogP contribution < -0.4 is 15.6 Å². The van der Waals surface area contributed by atoms with Gasteiger partial charge in [0.05, 0.1) is 17.5 Å². The molecular formula is C23H33N3O4S. The van der Waals surface area contributed by atoms with Crippen LogP contribution in [0.15, 0.2) is 58.2 Å². The van der Waals surface area contributed by atoms with Gasteiger partial charge in [0.2, 0.25) is 0 Å². The summed E-state index contributed by atoms with van der Waals surface area (Å²) in [5.41, 5.74) is 2.45. The van der Waals surface area contributed by atoms with E-state index in [-0.39, 0.29) is 13.9 Å². The number of fused-ring (bicyclic) bond motifs is 1. The lowest BCUT2D eigenvalue weighted by molar-refractivity contribution is 0.365. The van der Waals surface area contributed by atoms with Gasteiger partial charge in [0.15, 0.2) is 0 Å². The van der Waals surface area contributed by atoms with E-state index in [1.807, 2.05) is 48.5 Å². The molecule has 2 heterocycles. The van der Waals surface area contributed by atoms with E-state index in [1.165, 1.54) is 6.42 Å². The van der Waals surface area contributed by atoms with Gasteiger partial charge in [0.1, 0.15) is 16.7 Å².